The number of sulfonamides is 1. The number of halogens is 1. The topological polar surface area (TPSA) is 88.2 Å². The van der Waals surface area contributed by atoms with Gasteiger partial charge in [0.2, 0.25) is 15.9 Å². The summed E-state index contributed by atoms with van der Waals surface area (Å²) in [6.07, 6.45) is 4.19. The molecule has 1 aromatic carbocycles. The Labute approximate surface area is 171 Å². The fourth-order valence-electron chi connectivity index (χ4n) is 2.77. The van der Waals surface area contributed by atoms with Crippen LogP contribution in [-0.2, 0) is 28.0 Å². The summed E-state index contributed by atoms with van der Waals surface area (Å²) < 4.78 is 38.0. The molecule has 2 N–H and O–H groups in total. The van der Waals surface area contributed by atoms with Crippen molar-refractivity contribution in [2.24, 2.45) is 0 Å². The van der Waals surface area contributed by atoms with Crippen molar-refractivity contribution in [3.63, 3.8) is 0 Å². The summed E-state index contributed by atoms with van der Waals surface area (Å²) in [5.74, 6) is -0.170. The molecule has 0 bridgehead atoms. The third-order valence-electron chi connectivity index (χ3n) is 4.17. The van der Waals surface area contributed by atoms with Crippen LogP contribution in [0.2, 0.25) is 0 Å². The maximum absolute atomic E-state index is 12.8. The van der Waals surface area contributed by atoms with Gasteiger partial charge in [-0.15, -0.1) is 0 Å². The number of benzene rings is 1. The molecule has 0 spiro atoms. The lowest BCUT2D eigenvalue weighted by Crippen LogP contribution is -2.20. The minimum atomic E-state index is -3.34. The number of carbonyl (C=O) groups excluding carboxylic acids is 1. The molecule has 1 amide bonds. The van der Waals surface area contributed by atoms with Crippen molar-refractivity contribution in [1.82, 2.24) is 10.3 Å². The van der Waals surface area contributed by atoms with Crippen LogP contribution in [0.15, 0.2) is 36.4 Å². The van der Waals surface area contributed by atoms with Gasteiger partial charge in [-0.3, -0.25) is 14.5 Å². The smallest absolute Gasteiger partial charge is 0.244 e. The fourth-order valence-corrected chi connectivity index (χ4v) is 3.40. The van der Waals surface area contributed by atoms with Gasteiger partial charge in [0.1, 0.15) is 6.67 Å². The van der Waals surface area contributed by atoms with E-state index in [1.165, 1.54) is 6.08 Å². The van der Waals surface area contributed by atoms with E-state index in [-0.39, 0.29) is 11.8 Å². The molecule has 2 rings (SSSR count). The van der Waals surface area contributed by atoms with Crippen molar-refractivity contribution in [2.45, 2.75) is 39.9 Å². The lowest BCUT2D eigenvalue weighted by atomic mass is 10.0. The van der Waals surface area contributed by atoms with E-state index in [4.69, 9.17) is 0 Å². The highest BCUT2D eigenvalue weighted by Gasteiger charge is 2.09. The predicted octanol–water partition coefficient (Wildman–Crippen LogP) is 3.68. The third kappa shape index (κ3) is 6.98. The Morgan fingerprint density at radius 3 is 2.55 bits per heavy atom. The second-order valence-electron chi connectivity index (χ2n) is 7.14. The first-order valence-electron chi connectivity index (χ1n) is 9.18. The zero-order valence-corrected chi connectivity index (χ0v) is 17.8. The molecule has 1 heterocycles. The number of aryl methyl sites for hydroxylation is 1. The van der Waals surface area contributed by atoms with Gasteiger partial charge in [0, 0.05) is 12.6 Å². The first-order chi connectivity index (χ1) is 13.6. The lowest BCUT2D eigenvalue weighted by Gasteiger charge is -2.11. The summed E-state index contributed by atoms with van der Waals surface area (Å²) in [7, 11) is -3.34. The number of nitrogens with zero attached hydrogens (tertiary/aromatic N) is 1. The van der Waals surface area contributed by atoms with Crippen LogP contribution in [0, 0.1) is 6.92 Å². The monoisotopic (exact) mass is 419 g/mol. The zero-order chi connectivity index (χ0) is 21.6. The van der Waals surface area contributed by atoms with Gasteiger partial charge in [0.15, 0.2) is 0 Å². The van der Waals surface area contributed by atoms with Gasteiger partial charge in [-0.25, -0.2) is 12.8 Å². The molecule has 0 aliphatic rings. The minimum absolute atomic E-state index is 0.103. The van der Waals surface area contributed by atoms with Crippen LogP contribution in [-0.4, -0.2) is 25.6 Å². The standard InChI is InChI=1S/C21H26FN3O3S/c1-14(2)21-17(6-8-18(12-22)24-21)7-10-20(26)23-13-16-5-9-19(15(3)11-16)25-29(4,27)28/h5-11,14,25H,12-13H2,1-4H3,(H,23,26)/b10-7+. The first kappa shape index (κ1) is 22.5. The highest BCUT2D eigenvalue weighted by molar-refractivity contribution is 7.92. The van der Waals surface area contributed by atoms with E-state index in [1.807, 2.05) is 19.9 Å². The van der Waals surface area contributed by atoms with Crippen LogP contribution in [0.4, 0.5) is 10.1 Å². The third-order valence-corrected chi connectivity index (χ3v) is 4.76. The molecule has 156 valence electrons. The first-order valence-corrected chi connectivity index (χ1v) is 11.1. The predicted molar refractivity (Wildman–Crippen MR) is 114 cm³/mol. The molecule has 2 aromatic rings. The largest absolute Gasteiger partial charge is 0.348 e. The molecular formula is C21H26FN3O3S. The van der Waals surface area contributed by atoms with E-state index >= 15 is 0 Å². The maximum Gasteiger partial charge on any atom is 0.244 e. The molecule has 8 heteroatoms. The minimum Gasteiger partial charge on any atom is -0.348 e. The number of amides is 1. The Morgan fingerprint density at radius 1 is 1.24 bits per heavy atom. The van der Waals surface area contributed by atoms with E-state index in [0.29, 0.717) is 17.9 Å². The second kappa shape index (κ2) is 9.65. The molecule has 1 aromatic heterocycles. The Kier molecular flexibility index (Phi) is 7.50. The van der Waals surface area contributed by atoms with Crippen molar-refractivity contribution in [1.29, 1.82) is 0 Å². The van der Waals surface area contributed by atoms with E-state index in [2.05, 4.69) is 15.0 Å². The molecule has 29 heavy (non-hydrogen) atoms. The Hall–Kier alpha value is -2.74. The summed E-state index contributed by atoms with van der Waals surface area (Å²) >= 11 is 0. The summed E-state index contributed by atoms with van der Waals surface area (Å²) in [6.45, 7) is 5.40. The number of hydrogen-bond acceptors (Lipinski definition) is 4. The van der Waals surface area contributed by atoms with Gasteiger partial charge in [-0.1, -0.05) is 32.0 Å². The van der Waals surface area contributed by atoms with Crippen LogP contribution in [0.3, 0.4) is 0 Å². The molecule has 0 saturated carbocycles. The zero-order valence-electron chi connectivity index (χ0n) is 17.0. The Bertz CT molecular complexity index is 1020. The van der Waals surface area contributed by atoms with Gasteiger partial charge in [0.25, 0.3) is 0 Å². The number of anilines is 1. The van der Waals surface area contributed by atoms with E-state index < -0.39 is 16.7 Å². The van der Waals surface area contributed by atoms with Crippen LogP contribution >= 0.6 is 0 Å². The lowest BCUT2D eigenvalue weighted by molar-refractivity contribution is -0.116. The van der Waals surface area contributed by atoms with Crippen LogP contribution < -0.4 is 10.0 Å². The SMILES string of the molecule is Cc1cc(CNC(=O)/C=C/c2ccc(CF)nc2C(C)C)ccc1NS(C)(=O)=O. The quantitative estimate of drug-likeness (QED) is 0.639. The number of aromatic nitrogens is 1. The Balaban J connectivity index is 2.02. The van der Waals surface area contributed by atoms with Gasteiger partial charge in [0.05, 0.1) is 23.3 Å². The molecule has 0 unspecified atom stereocenters. The van der Waals surface area contributed by atoms with Crippen LogP contribution in [0.1, 0.15) is 47.8 Å². The second-order valence-corrected chi connectivity index (χ2v) is 8.89. The fraction of sp³-hybridized carbons (Fsp3) is 0.333. The number of nitrogens with one attached hydrogen (secondary N) is 2. The number of rotatable bonds is 8. The highest BCUT2D eigenvalue weighted by Crippen LogP contribution is 2.20. The number of pyridine rings is 1. The molecule has 0 aliphatic carbocycles. The van der Waals surface area contributed by atoms with E-state index in [9.17, 15) is 17.6 Å². The van der Waals surface area contributed by atoms with Gasteiger partial charge >= 0.3 is 0 Å². The van der Waals surface area contributed by atoms with Crippen molar-refractivity contribution in [3.8, 4) is 0 Å². The molecule has 0 fully saturated rings. The van der Waals surface area contributed by atoms with E-state index in [0.717, 1.165) is 28.6 Å². The number of alkyl halides is 1. The summed E-state index contributed by atoms with van der Waals surface area (Å²) in [5, 5.41) is 2.79. The van der Waals surface area contributed by atoms with Crippen molar-refractivity contribution in [3.05, 3.63) is 64.5 Å². The Morgan fingerprint density at radius 2 is 1.97 bits per heavy atom. The average Bonchev–Trinajstić information content (AvgIpc) is 2.65. The average molecular weight is 420 g/mol. The molecule has 0 aliphatic heterocycles. The maximum atomic E-state index is 12.8. The van der Waals surface area contributed by atoms with Crippen molar-refractivity contribution < 1.29 is 17.6 Å². The summed E-state index contributed by atoms with van der Waals surface area (Å²) in [4.78, 5) is 16.5. The normalized spacial score (nSPS) is 11.8. The van der Waals surface area contributed by atoms with Gasteiger partial charge < -0.3 is 5.32 Å². The van der Waals surface area contributed by atoms with Crippen LogP contribution in [0.25, 0.3) is 6.08 Å². The molecule has 6 nitrogen and oxygen atoms in total. The van der Waals surface area contributed by atoms with Gasteiger partial charge in [-0.05, 0) is 47.7 Å². The summed E-state index contributed by atoms with van der Waals surface area (Å²) in [6, 6.07) is 8.60. The molecular weight excluding hydrogens is 393 g/mol. The van der Waals surface area contributed by atoms with Gasteiger partial charge in [-0.2, -0.15) is 0 Å². The molecule has 0 saturated heterocycles. The summed E-state index contributed by atoms with van der Waals surface area (Å²) in [5.41, 5.74) is 4.01. The van der Waals surface area contributed by atoms with Crippen LogP contribution in [0.5, 0.6) is 0 Å². The number of carbonyl (C=O) groups is 1. The molecule has 0 atom stereocenters. The highest BCUT2D eigenvalue weighted by atomic mass is 32.2. The van der Waals surface area contributed by atoms with Crippen molar-refractivity contribution >= 4 is 27.7 Å². The van der Waals surface area contributed by atoms with E-state index in [1.54, 1.807) is 37.3 Å². The number of hydrogen-bond donors (Lipinski definition) is 2. The molecule has 0 radical (unpaired) electrons. The van der Waals surface area contributed by atoms with Crippen molar-refractivity contribution in [2.75, 3.05) is 11.0 Å².